The lowest BCUT2D eigenvalue weighted by Gasteiger charge is -2.16. The van der Waals surface area contributed by atoms with Crippen molar-refractivity contribution in [2.45, 2.75) is 45.4 Å². The summed E-state index contributed by atoms with van der Waals surface area (Å²) in [6.07, 6.45) is 9.23. The van der Waals surface area contributed by atoms with Crippen LogP contribution in [-0.2, 0) is 6.42 Å². The van der Waals surface area contributed by atoms with Crippen LogP contribution in [0.1, 0.15) is 61.3 Å². The second-order valence-electron chi connectivity index (χ2n) is 6.91. The van der Waals surface area contributed by atoms with Gasteiger partial charge in [0.05, 0.1) is 16.4 Å². The molecule has 0 bridgehead atoms. The molecule has 1 aliphatic carbocycles. The maximum absolute atomic E-state index is 14.1. The van der Waals surface area contributed by atoms with Gasteiger partial charge in [0, 0.05) is 17.7 Å². The smallest absolute Gasteiger partial charge is 0.143 e. The number of nitrogens with zero attached hydrogens (tertiary/aromatic N) is 1. The molecular weight excluding hydrogens is 372 g/mol. The van der Waals surface area contributed by atoms with Crippen molar-refractivity contribution in [3.63, 3.8) is 0 Å². The van der Waals surface area contributed by atoms with Crippen LogP contribution in [0.2, 0.25) is 0 Å². The normalized spacial score (nSPS) is 12.3. The molecule has 2 aromatic rings. The monoisotopic (exact) mass is 393 g/mol. The van der Waals surface area contributed by atoms with Crippen molar-refractivity contribution in [3.8, 4) is 11.8 Å². The van der Waals surface area contributed by atoms with E-state index in [4.69, 9.17) is 0 Å². The van der Waals surface area contributed by atoms with Crippen LogP contribution in [0.25, 0.3) is 6.08 Å². The van der Waals surface area contributed by atoms with Gasteiger partial charge in [0.1, 0.15) is 11.6 Å². The van der Waals surface area contributed by atoms with Gasteiger partial charge in [-0.05, 0) is 61.2 Å². The van der Waals surface area contributed by atoms with Gasteiger partial charge < -0.3 is 0 Å². The second-order valence-corrected chi connectivity index (χ2v) is 7.09. The van der Waals surface area contributed by atoms with Gasteiger partial charge in [0.2, 0.25) is 0 Å². The molecule has 0 radical (unpaired) electrons. The summed E-state index contributed by atoms with van der Waals surface area (Å²) in [5.74, 6) is 3.98. The maximum atomic E-state index is 14.1. The van der Waals surface area contributed by atoms with E-state index >= 15 is 0 Å². The van der Waals surface area contributed by atoms with Crippen molar-refractivity contribution in [3.05, 3.63) is 69.8 Å². The van der Waals surface area contributed by atoms with Crippen LogP contribution < -0.4 is 0 Å². The Morgan fingerprint density at radius 1 is 1.04 bits per heavy atom. The molecule has 2 aromatic carbocycles. The summed E-state index contributed by atoms with van der Waals surface area (Å²) >= 11 is 4.46. The number of unbranched alkanes of at least 4 members (excludes halogenated alkanes) is 2. The molecule has 0 atom stereocenters. The van der Waals surface area contributed by atoms with Crippen molar-refractivity contribution in [1.29, 1.82) is 0 Å². The van der Waals surface area contributed by atoms with Gasteiger partial charge in [-0.15, -0.1) is 0 Å². The fourth-order valence-corrected chi connectivity index (χ4v) is 3.46. The molecule has 0 fully saturated rings. The second kappa shape index (κ2) is 9.55. The summed E-state index contributed by atoms with van der Waals surface area (Å²) in [6.45, 7) is 2.22. The lowest BCUT2D eigenvalue weighted by molar-refractivity contribution is 0.578. The molecule has 0 unspecified atom stereocenters. The summed E-state index contributed by atoms with van der Waals surface area (Å²) in [6, 6.07) is 8.16. The molecular formula is C24H21F2NS. The topological polar surface area (TPSA) is 12.4 Å². The lowest BCUT2D eigenvalue weighted by Crippen LogP contribution is -2.00. The molecule has 142 valence electrons. The van der Waals surface area contributed by atoms with E-state index in [9.17, 15) is 8.78 Å². The highest BCUT2D eigenvalue weighted by atomic mass is 32.1. The zero-order valence-corrected chi connectivity index (χ0v) is 16.6. The number of fused-ring (bicyclic) bond motifs is 1. The first kappa shape index (κ1) is 20.1. The number of hydrogen-bond acceptors (Lipinski definition) is 2. The Labute approximate surface area is 170 Å². The zero-order valence-electron chi connectivity index (χ0n) is 15.8. The van der Waals surface area contributed by atoms with Crippen LogP contribution in [0.3, 0.4) is 0 Å². The Balaban J connectivity index is 1.81. The van der Waals surface area contributed by atoms with E-state index < -0.39 is 11.6 Å². The zero-order chi connectivity index (χ0) is 19.9. The van der Waals surface area contributed by atoms with Crippen LogP contribution >= 0.6 is 12.2 Å². The van der Waals surface area contributed by atoms with Crippen LogP contribution in [0.5, 0.6) is 0 Å². The predicted octanol–water partition coefficient (Wildman–Crippen LogP) is 7.01. The average Bonchev–Trinajstić information content (AvgIpc) is 2.68. The molecule has 0 saturated carbocycles. The third-order valence-electron chi connectivity index (χ3n) is 4.85. The van der Waals surface area contributed by atoms with Crippen molar-refractivity contribution >= 4 is 29.1 Å². The van der Waals surface area contributed by atoms with Gasteiger partial charge in [0.25, 0.3) is 0 Å². The molecule has 0 aliphatic heterocycles. The molecule has 0 saturated heterocycles. The first-order valence-electron chi connectivity index (χ1n) is 9.52. The van der Waals surface area contributed by atoms with Gasteiger partial charge in [-0.3, -0.25) is 0 Å². The number of allylic oxidation sites excluding steroid dienone is 1. The molecule has 0 spiro atoms. The minimum absolute atomic E-state index is 0.0888. The third kappa shape index (κ3) is 5.01. The Bertz CT molecular complexity index is 998. The molecule has 0 heterocycles. The van der Waals surface area contributed by atoms with Crippen molar-refractivity contribution < 1.29 is 8.78 Å². The maximum Gasteiger partial charge on any atom is 0.143 e. The lowest BCUT2D eigenvalue weighted by atomic mass is 9.89. The number of rotatable bonds is 5. The van der Waals surface area contributed by atoms with E-state index in [1.807, 2.05) is 18.2 Å². The fourth-order valence-electron chi connectivity index (χ4n) is 3.36. The Kier molecular flexibility index (Phi) is 6.87. The predicted molar refractivity (Wildman–Crippen MR) is 114 cm³/mol. The minimum atomic E-state index is -0.755. The Morgan fingerprint density at radius 2 is 1.82 bits per heavy atom. The number of hydrogen-bond donors (Lipinski definition) is 0. The summed E-state index contributed by atoms with van der Waals surface area (Å²) in [4.78, 5) is 3.60. The van der Waals surface area contributed by atoms with E-state index in [1.165, 1.54) is 36.0 Å². The van der Waals surface area contributed by atoms with E-state index in [0.717, 1.165) is 37.0 Å². The molecule has 1 aliphatic rings. The molecule has 0 aromatic heterocycles. The summed E-state index contributed by atoms with van der Waals surface area (Å²) in [5.41, 5.74) is 4.54. The molecule has 3 rings (SSSR count). The molecule has 0 amide bonds. The first-order chi connectivity index (χ1) is 13.6. The minimum Gasteiger partial charge on any atom is -0.205 e. The summed E-state index contributed by atoms with van der Waals surface area (Å²) in [5, 5.41) is 2.10. The number of aryl methyl sites for hydroxylation is 1. The number of thiocarbonyl (C=S) groups is 1. The molecule has 4 heteroatoms. The number of benzene rings is 2. The van der Waals surface area contributed by atoms with Crippen LogP contribution in [0.4, 0.5) is 14.5 Å². The van der Waals surface area contributed by atoms with E-state index in [0.29, 0.717) is 0 Å². The standard InChI is InChI=1S/C24H21F2NS/c1-2-3-4-5-17-6-9-20-13-18(7-10-19(20)12-17)8-11-22-23(25)14-21(27-16-28)15-24(22)26/h7,10,12-15H,2-6,9H2,1H3. The van der Waals surface area contributed by atoms with Gasteiger partial charge in [0.15, 0.2) is 0 Å². The van der Waals surface area contributed by atoms with Gasteiger partial charge in [-0.1, -0.05) is 49.3 Å². The fraction of sp³-hybridized carbons (Fsp3) is 0.292. The van der Waals surface area contributed by atoms with Crippen LogP contribution in [-0.4, -0.2) is 5.16 Å². The Morgan fingerprint density at radius 3 is 2.54 bits per heavy atom. The van der Waals surface area contributed by atoms with Gasteiger partial charge in [-0.2, -0.15) is 4.99 Å². The van der Waals surface area contributed by atoms with Crippen molar-refractivity contribution in [2.75, 3.05) is 0 Å². The Hall–Kier alpha value is -2.60. The average molecular weight is 394 g/mol. The van der Waals surface area contributed by atoms with Gasteiger partial charge in [-0.25, -0.2) is 8.78 Å². The van der Waals surface area contributed by atoms with E-state index in [-0.39, 0.29) is 11.3 Å². The third-order valence-corrected chi connectivity index (χ3v) is 4.94. The molecule has 0 N–H and O–H groups in total. The highest BCUT2D eigenvalue weighted by molar-refractivity contribution is 7.78. The van der Waals surface area contributed by atoms with Crippen LogP contribution in [0.15, 0.2) is 40.9 Å². The number of halogens is 2. The number of aliphatic imine (C=N–C) groups is 1. The quantitative estimate of drug-likeness (QED) is 0.230. The molecule has 28 heavy (non-hydrogen) atoms. The van der Waals surface area contributed by atoms with Gasteiger partial charge >= 0.3 is 0 Å². The van der Waals surface area contributed by atoms with Crippen LogP contribution in [0, 0.1) is 23.5 Å². The van der Waals surface area contributed by atoms with E-state index in [1.54, 1.807) is 0 Å². The molecule has 1 nitrogen and oxygen atoms in total. The summed E-state index contributed by atoms with van der Waals surface area (Å²) in [7, 11) is 0. The SMILES string of the molecule is CCCCCC1=Cc2ccc(C#Cc3c(F)cc(N=C=S)cc3F)cc2CC1. The highest BCUT2D eigenvalue weighted by Gasteiger charge is 2.11. The van der Waals surface area contributed by atoms with E-state index in [2.05, 4.69) is 47.2 Å². The van der Waals surface area contributed by atoms with Crippen molar-refractivity contribution in [2.24, 2.45) is 4.99 Å². The largest absolute Gasteiger partial charge is 0.205 e. The van der Waals surface area contributed by atoms with Crippen molar-refractivity contribution in [1.82, 2.24) is 0 Å². The first-order valence-corrected chi connectivity index (χ1v) is 9.93. The number of isothiocyanates is 1. The highest BCUT2D eigenvalue weighted by Crippen LogP contribution is 2.28. The summed E-state index contributed by atoms with van der Waals surface area (Å²) < 4.78 is 28.2.